The van der Waals surface area contributed by atoms with E-state index in [1.165, 1.54) is 7.11 Å². The summed E-state index contributed by atoms with van der Waals surface area (Å²) in [5, 5.41) is 5.18. The minimum absolute atomic E-state index is 0.387. The molecule has 0 unspecified atom stereocenters. The number of carbonyl (C=O) groups is 1. The Hall–Kier alpha value is -1.85. The Bertz CT molecular complexity index is 694. The van der Waals surface area contributed by atoms with E-state index in [2.05, 4.69) is 16.9 Å². The van der Waals surface area contributed by atoms with Gasteiger partial charge in [-0.2, -0.15) is 5.10 Å². The van der Waals surface area contributed by atoms with E-state index in [4.69, 9.17) is 16.3 Å². The number of hydrogen-bond acceptors (Lipinski definition) is 4. The Morgan fingerprint density at radius 1 is 1.36 bits per heavy atom. The van der Waals surface area contributed by atoms with Crippen LogP contribution in [0.5, 0.6) is 0 Å². The van der Waals surface area contributed by atoms with Crippen LogP contribution in [0.2, 0.25) is 5.02 Å². The van der Waals surface area contributed by atoms with Crippen LogP contribution < -0.4 is 0 Å². The van der Waals surface area contributed by atoms with Crippen molar-refractivity contribution in [1.82, 2.24) is 14.7 Å². The molecule has 0 radical (unpaired) electrons. The van der Waals surface area contributed by atoms with E-state index in [9.17, 15) is 4.79 Å². The molecule has 0 aliphatic carbocycles. The number of aromatic nitrogens is 2. The molecular weight excluding hydrogens is 302 g/mol. The molecule has 1 aliphatic heterocycles. The van der Waals surface area contributed by atoms with Crippen molar-refractivity contribution in [1.29, 1.82) is 0 Å². The van der Waals surface area contributed by atoms with Crippen molar-refractivity contribution in [2.24, 2.45) is 0 Å². The first-order valence-electron chi connectivity index (χ1n) is 7.31. The predicted octanol–water partition coefficient (Wildman–Crippen LogP) is 2.69. The fourth-order valence-electron chi connectivity index (χ4n) is 2.80. The fourth-order valence-corrected chi connectivity index (χ4v) is 2.93. The van der Waals surface area contributed by atoms with Crippen molar-refractivity contribution in [3.8, 4) is 5.69 Å². The molecule has 0 amide bonds. The van der Waals surface area contributed by atoms with Crippen molar-refractivity contribution in [3.63, 3.8) is 0 Å². The Balaban J connectivity index is 2.10. The molecule has 0 atom stereocenters. The topological polar surface area (TPSA) is 47.4 Å². The van der Waals surface area contributed by atoms with Crippen LogP contribution in [0.25, 0.3) is 5.69 Å². The first-order chi connectivity index (χ1) is 10.6. The number of rotatable bonds is 3. The van der Waals surface area contributed by atoms with E-state index in [-0.39, 0.29) is 5.97 Å². The van der Waals surface area contributed by atoms with E-state index < -0.39 is 0 Å². The summed E-state index contributed by atoms with van der Waals surface area (Å²) in [6.45, 7) is 4.76. The number of hydrogen-bond donors (Lipinski definition) is 0. The number of nitrogens with zero attached hydrogens (tertiary/aromatic N) is 3. The second kappa shape index (κ2) is 6.10. The molecule has 5 nitrogen and oxygen atoms in total. The molecule has 6 heteroatoms. The normalized spacial score (nSPS) is 14.7. The van der Waals surface area contributed by atoms with Crippen LogP contribution >= 0.6 is 11.6 Å². The number of methoxy groups -OCH3 is 1. The Labute approximate surface area is 134 Å². The molecule has 22 heavy (non-hydrogen) atoms. The van der Waals surface area contributed by atoms with Crippen molar-refractivity contribution in [3.05, 3.63) is 46.2 Å². The summed E-state index contributed by atoms with van der Waals surface area (Å²) in [6.07, 6.45) is 0.857. The van der Waals surface area contributed by atoms with Crippen LogP contribution in [0.4, 0.5) is 0 Å². The van der Waals surface area contributed by atoms with Crippen LogP contribution in [0.15, 0.2) is 24.3 Å². The summed E-state index contributed by atoms with van der Waals surface area (Å²) in [7, 11) is 1.39. The van der Waals surface area contributed by atoms with Gasteiger partial charge in [0.2, 0.25) is 0 Å². The van der Waals surface area contributed by atoms with Gasteiger partial charge in [-0.3, -0.25) is 4.90 Å². The van der Waals surface area contributed by atoms with Gasteiger partial charge in [0.05, 0.1) is 18.5 Å². The van der Waals surface area contributed by atoms with Gasteiger partial charge >= 0.3 is 5.97 Å². The maximum atomic E-state index is 12.0. The van der Waals surface area contributed by atoms with Gasteiger partial charge in [-0.1, -0.05) is 18.5 Å². The summed E-state index contributed by atoms with van der Waals surface area (Å²) < 4.78 is 6.72. The number of halogens is 1. The number of ether oxygens (including phenoxy) is 1. The van der Waals surface area contributed by atoms with E-state index in [0.717, 1.165) is 43.0 Å². The highest BCUT2D eigenvalue weighted by molar-refractivity contribution is 6.30. The van der Waals surface area contributed by atoms with Gasteiger partial charge in [0.25, 0.3) is 0 Å². The average Bonchev–Trinajstić information content (AvgIpc) is 2.93. The lowest BCUT2D eigenvalue weighted by molar-refractivity contribution is 0.0591. The maximum absolute atomic E-state index is 12.0. The first-order valence-corrected chi connectivity index (χ1v) is 7.69. The molecule has 0 N–H and O–H groups in total. The third kappa shape index (κ3) is 2.62. The molecule has 1 aliphatic rings. The monoisotopic (exact) mass is 319 g/mol. The van der Waals surface area contributed by atoms with Gasteiger partial charge in [-0.05, 0) is 30.8 Å². The minimum atomic E-state index is -0.387. The zero-order valence-corrected chi connectivity index (χ0v) is 13.4. The zero-order chi connectivity index (χ0) is 15.7. The largest absolute Gasteiger partial charge is 0.464 e. The van der Waals surface area contributed by atoms with E-state index in [0.29, 0.717) is 10.7 Å². The maximum Gasteiger partial charge on any atom is 0.358 e. The molecule has 0 fully saturated rings. The van der Waals surface area contributed by atoms with Crippen molar-refractivity contribution in [2.45, 2.75) is 19.9 Å². The molecule has 0 saturated heterocycles. The Morgan fingerprint density at radius 3 is 2.73 bits per heavy atom. The zero-order valence-electron chi connectivity index (χ0n) is 12.7. The summed E-state index contributed by atoms with van der Waals surface area (Å²) in [4.78, 5) is 14.3. The van der Waals surface area contributed by atoms with Crippen molar-refractivity contribution in [2.75, 3.05) is 20.2 Å². The quantitative estimate of drug-likeness (QED) is 0.816. The third-order valence-electron chi connectivity index (χ3n) is 4.03. The summed E-state index contributed by atoms with van der Waals surface area (Å²) >= 11 is 5.95. The second-order valence-corrected chi connectivity index (χ2v) is 5.71. The Morgan fingerprint density at radius 2 is 2.09 bits per heavy atom. The van der Waals surface area contributed by atoms with Gasteiger partial charge in [-0.15, -0.1) is 0 Å². The van der Waals surface area contributed by atoms with Gasteiger partial charge in [-0.25, -0.2) is 9.48 Å². The SMILES string of the molecule is CCN1CCc2c(c(C(=O)OC)nn2-c2ccc(Cl)cc2)C1. The lowest BCUT2D eigenvalue weighted by Crippen LogP contribution is -2.31. The van der Waals surface area contributed by atoms with Crippen molar-refractivity contribution < 1.29 is 9.53 Å². The molecule has 3 rings (SSSR count). The van der Waals surface area contributed by atoms with Gasteiger partial charge in [0.15, 0.2) is 5.69 Å². The molecule has 116 valence electrons. The molecule has 0 saturated carbocycles. The third-order valence-corrected chi connectivity index (χ3v) is 4.29. The molecular formula is C16H18ClN3O2. The van der Waals surface area contributed by atoms with Gasteiger partial charge in [0.1, 0.15) is 0 Å². The highest BCUT2D eigenvalue weighted by atomic mass is 35.5. The van der Waals surface area contributed by atoms with Gasteiger partial charge < -0.3 is 4.74 Å². The predicted molar refractivity (Wildman–Crippen MR) is 84.6 cm³/mol. The minimum Gasteiger partial charge on any atom is -0.464 e. The Kier molecular flexibility index (Phi) is 4.18. The average molecular weight is 320 g/mol. The summed E-state index contributed by atoms with van der Waals surface area (Å²) in [6, 6.07) is 7.46. The molecule has 1 aromatic carbocycles. The standard InChI is InChI=1S/C16H18ClN3O2/c1-3-19-9-8-14-13(10-19)15(16(21)22-2)18-20(14)12-6-4-11(17)5-7-12/h4-7H,3,8-10H2,1-2H3. The van der Waals surface area contributed by atoms with E-state index in [1.807, 2.05) is 28.9 Å². The second-order valence-electron chi connectivity index (χ2n) is 5.27. The van der Waals surface area contributed by atoms with Crippen LogP contribution in [-0.2, 0) is 17.7 Å². The van der Waals surface area contributed by atoms with Crippen molar-refractivity contribution >= 4 is 17.6 Å². The number of fused-ring (bicyclic) bond motifs is 1. The number of benzene rings is 1. The molecule has 2 aromatic rings. The molecule has 1 aromatic heterocycles. The van der Waals surface area contributed by atoms with Crippen LogP contribution in [0, 0.1) is 0 Å². The lowest BCUT2D eigenvalue weighted by atomic mass is 10.0. The lowest BCUT2D eigenvalue weighted by Gasteiger charge is -2.26. The van der Waals surface area contributed by atoms with Crippen LogP contribution in [0.3, 0.4) is 0 Å². The highest BCUT2D eigenvalue weighted by Gasteiger charge is 2.28. The van der Waals surface area contributed by atoms with Crippen LogP contribution in [0.1, 0.15) is 28.7 Å². The van der Waals surface area contributed by atoms with Gasteiger partial charge in [0, 0.05) is 30.1 Å². The number of likely N-dealkylation sites (N-methyl/N-ethyl adjacent to an activating group) is 1. The molecule has 2 heterocycles. The highest BCUT2D eigenvalue weighted by Crippen LogP contribution is 2.26. The smallest absolute Gasteiger partial charge is 0.358 e. The summed E-state index contributed by atoms with van der Waals surface area (Å²) in [5.41, 5.74) is 3.36. The van der Waals surface area contributed by atoms with E-state index in [1.54, 1.807) is 0 Å². The first kappa shape index (κ1) is 15.1. The fraction of sp³-hybridized carbons (Fsp3) is 0.375. The summed E-state index contributed by atoms with van der Waals surface area (Å²) in [5.74, 6) is -0.387. The van der Waals surface area contributed by atoms with Crippen LogP contribution in [-0.4, -0.2) is 40.8 Å². The van der Waals surface area contributed by atoms with E-state index >= 15 is 0 Å². The number of carbonyl (C=O) groups excluding carboxylic acids is 1. The molecule has 0 spiro atoms. The molecule has 0 bridgehead atoms. The number of esters is 1.